The minimum Gasteiger partial charge on any atom is -0.354 e. The Morgan fingerprint density at radius 3 is 2.36 bits per heavy atom. The van der Waals surface area contributed by atoms with Crippen LogP contribution in [0, 0.1) is 16.3 Å². The average Bonchev–Trinajstić information content (AvgIpc) is 3.19. The summed E-state index contributed by atoms with van der Waals surface area (Å²) in [6.45, 7) is 1.86. The Balaban J connectivity index is 1.92. The third-order valence-electron chi connectivity index (χ3n) is 5.07. The summed E-state index contributed by atoms with van der Waals surface area (Å²) in [6.07, 6.45) is -3.04. The number of nitrogens with zero attached hydrogens (tertiary/aromatic N) is 2. The molecule has 0 aliphatic heterocycles. The van der Waals surface area contributed by atoms with Crippen molar-refractivity contribution in [2.45, 2.75) is 25.1 Å². The van der Waals surface area contributed by atoms with E-state index >= 15 is 0 Å². The molecule has 0 aliphatic rings. The third kappa shape index (κ3) is 5.70. The van der Waals surface area contributed by atoms with Crippen molar-refractivity contribution >= 4 is 39.1 Å². The van der Waals surface area contributed by atoms with Crippen LogP contribution in [0.5, 0.6) is 0 Å². The number of aromatic nitrogens is 2. The molecule has 2 unspecified atom stereocenters. The Morgan fingerprint density at radius 1 is 1.00 bits per heavy atom. The van der Waals surface area contributed by atoms with Gasteiger partial charge in [0, 0.05) is 15.1 Å². The van der Waals surface area contributed by atoms with Crippen LogP contribution in [0.15, 0.2) is 72.2 Å². The highest BCUT2D eigenvalue weighted by atomic mass is 127. The van der Waals surface area contributed by atoms with Gasteiger partial charge < -0.3 is 5.32 Å². The Morgan fingerprint density at radius 2 is 1.76 bits per heavy atom. The second-order valence-electron chi connectivity index (χ2n) is 7.48. The van der Waals surface area contributed by atoms with Crippen LogP contribution in [0.25, 0.3) is 0 Å². The fraction of sp³-hybridized carbons (Fsp3) is 0.167. The number of rotatable bonds is 6. The lowest BCUT2D eigenvalue weighted by atomic mass is 9.83. The molecule has 0 fully saturated rings. The van der Waals surface area contributed by atoms with E-state index in [1.165, 1.54) is 11.3 Å². The number of hydrogen-bond acceptors (Lipinski definition) is 4. The van der Waals surface area contributed by atoms with E-state index in [-0.39, 0.29) is 5.56 Å². The summed E-state index contributed by atoms with van der Waals surface area (Å²) in [5, 5.41) is 5.86. The lowest BCUT2D eigenvalue weighted by Crippen LogP contribution is -2.22. The highest BCUT2D eigenvalue weighted by molar-refractivity contribution is 14.1. The summed E-state index contributed by atoms with van der Waals surface area (Å²) < 4.78 is 55.9. The number of alkyl halides is 3. The van der Waals surface area contributed by atoms with E-state index in [0.29, 0.717) is 16.9 Å². The quantitative estimate of drug-likeness (QED) is 0.188. The molecular weight excluding hydrogens is 565 g/mol. The summed E-state index contributed by atoms with van der Waals surface area (Å²) in [6, 6.07) is 15.0. The van der Waals surface area contributed by atoms with Gasteiger partial charge in [-0.2, -0.15) is 13.2 Å². The Kier molecular flexibility index (Phi) is 6.99. The van der Waals surface area contributed by atoms with Crippen molar-refractivity contribution in [2.24, 2.45) is 0 Å². The van der Waals surface area contributed by atoms with Gasteiger partial charge in [-0.25, -0.2) is 9.37 Å². The molecule has 0 saturated carbocycles. The molecule has 2 heterocycles. The van der Waals surface area contributed by atoms with Crippen molar-refractivity contribution in [1.29, 1.82) is 0 Å². The van der Waals surface area contributed by atoms with Gasteiger partial charge in [-0.15, -0.1) is 11.3 Å². The van der Waals surface area contributed by atoms with Crippen LogP contribution in [-0.4, -0.2) is 9.97 Å². The van der Waals surface area contributed by atoms with Crippen LogP contribution in [-0.2, 0) is 6.18 Å². The Hall–Kier alpha value is -2.53. The van der Waals surface area contributed by atoms with E-state index in [1.54, 1.807) is 12.3 Å². The summed E-state index contributed by atoms with van der Waals surface area (Å²) in [7, 11) is 0. The summed E-state index contributed by atoms with van der Waals surface area (Å²) >= 11 is 3.51. The highest BCUT2D eigenvalue weighted by Crippen LogP contribution is 2.41. The number of aryl methyl sites for hydroxylation is 1. The van der Waals surface area contributed by atoms with Gasteiger partial charge in [0.05, 0.1) is 28.9 Å². The van der Waals surface area contributed by atoms with E-state index in [9.17, 15) is 17.6 Å². The first-order valence-electron chi connectivity index (χ1n) is 9.93. The predicted octanol–water partition coefficient (Wildman–Crippen LogP) is 7.59. The first-order valence-corrected chi connectivity index (χ1v) is 11.9. The molecule has 0 aliphatic carbocycles. The summed E-state index contributed by atoms with van der Waals surface area (Å²) in [5.74, 6) is -1.67. The van der Waals surface area contributed by atoms with Crippen molar-refractivity contribution < 1.29 is 17.6 Å². The monoisotopic (exact) mass is 583 g/mol. The first kappa shape index (κ1) is 23.6. The van der Waals surface area contributed by atoms with Gasteiger partial charge in [0.1, 0.15) is 5.82 Å². The van der Waals surface area contributed by atoms with Crippen LogP contribution in [0.2, 0.25) is 0 Å². The number of benzene rings is 2. The lowest BCUT2D eigenvalue weighted by molar-refractivity contribution is -0.137. The van der Waals surface area contributed by atoms with Crippen molar-refractivity contribution in [3.05, 3.63) is 110 Å². The van der Waals surface area contributed by atoms with E-state index in [4.69, 9.17) is 0 Å². The van der Waals surface area contributed by atoms with Gasteiger partial charge >= 0.3 is 6.18 Å². The van der Waals surface area contributed by atoms with Gasteiger partial charge in [-0.1, -0.05) is 30.3 Å². The first-order chi connectivity index (χ1) is 15.7. The Bertz CT molecular complexity index is 1230. The zero-order valence-corrected chi connectivity index (χ0v) is 20.2. The molecule has 0 saturated heterocycles. The molecule has 0 bridgehead atoms. The maximum Gasteiger partial charge on any atom is 0.416 e. The molecule has 0 radical (unpaired) electrons. The van der Waals surface area contributed by atoms with Gasteiger partial charge in [-0.3, -0.25) is 4.98 Å². The van der Waals surface area contributed by atoms with Crippen molar-refractivity contribution in [1.82, 2.24) is 9.97 Å². The number of thiazole rings is 1. The second-order valence-corrected chi connectivity index (χ2v) is 9.58. The number of nitrogens with one attached hydrogen (secondary N) is 1. The molecule has 4 aromatic rings. The molecule has 170 valence electrons. The van der Waals surface area contributed by atoms with Crippen LogP contribution in [0.3, 0.4) is 0 Å². The predicted molar refractivity (Wildman–Crippen MR) is 130 cm³/mol. The topological polar surface area (TPSA) is 37.8 Å². The normalized spacial score (nSPS) is 13.5. The summed E-state index contributed by atoms with van der Waals surface area (Å²) in [5.41, 5.74) is 1.29. The zero-order chi connectivity index (χ0) is 23.6. The van der Waals surface area contributed by atoms with E-state index in [1.807, 2.05) is 48.7 Å². The average molecular weight is 583 g/mol. The zero-order valence-electron chi connectivity index (χ0n) is 17.3. The SMILES string of the molecule is Cc1csc(NC(c2ccccc2)C(c2cc(F)cc(C(F)(F)F)c2)c2ccc(I)cn2)n1. The van der Waals surface area contributed by atoms with Crippen LogP contribution in [0.1, 0.15) is 40.0 Å². The van der Waals surface area contributed by atoms with Crippen LogP contribution < -0.4 is 5.32 Å². The molecule has 4 rings (SSSR count). The molecule has 0 spiro atoms. The number of halogens is 5. The summed E-state index contributed by atoms with van der Waals surface area (Å²) in [4.78, 5) is 8.97. The maximum absolute atomic E-state index is 14.4. The number of hydrogen-bond donors (Lipinski definition) is 1. The fourth-order valence-corrected chi connectivity index (χ4v) is 4.68. The largest absolute Gasteiger partial charge is 0.416 e. The van der Waals surface area contributed by atoms with Crippen molar-refractivity contribution in [2.75, 3.05) is 5.32 Å². The van der Waals surface area contributed by atoms with E-state index < -0.39 is 29.5 Å². The molecule has 2 aromatic carbocycles. The number of pyridine rings is 1. The van der Waals surface area contributed by atoms with Gasteiger partial charge in [0.2, 0.25) is 0 Å². The molecule has 2 atom stereocenters. The minimum absolute atomic E-state index is 0.172. The van der Waals surface area contributed by atoms with Gasteiger partial charge in [-0.05, 0) is 71.0 Å². The van der Waals surface area contributed by atoms with Gasteiger partial charge in [0.15, 0.2) is 5.13 Å². The smallest absolute Gasteiger partial charge is 0.354 e. The Labute approximate surface area is 206 Å². The van der Waals surface area contributed by atoms with E-state index in [0.717, 1.165) is 27.0 Å². The van der Waals surface area contributed by atoms with Crippen LogP contribution >= 0.6 is 33.9 Å². The molecule has 0 amide bonds. The maximum atomic E-state index is 14.4. The van der Waals surface area contributed by atoms with Crippen molar-refractivity contribution in [3.63, 3.8) is 0 Å². The number of anilines is 1. The molecular formula is C24H18F4IN3S. The standard InChI is InChI=1S/C24H18F4IN3S/c1-14-13-33-23(31-14)32-22(15-5-3-2-4-6-15)21(20-8-7-19(29)12-30-20)16-9-17(24(26,27)28)11-18(25)10-16/h2-13,21-22H,1H3,(H,31,32). The van der Waals surface area contributed by atoms with Crippen LogP contribution in [0.4, 0.5) is 22.7 Å². The third-order valence-corrected chi connectivity index (χ3v) is 6.59. The molecule has 2 aromatic heterocycles. The van der Waals surface area contributed by atoms with Crippen molar-refractivity contribution in [3.8, 4) is 0 Å². The highest BCUT2D eigenvalue weighted by Gasteiger charge is 2.34. The molecule has 9 heteroatoms. The molecule has 1 N–H and O–H groups in total. The molecule has 33 heavy (non-hydrogen) atoms. The molecule has 3 nitrogen and oxygen atoms in total. The lowest BCUT2D eigenvalue weighted by Gasteiger charge is -2.29. The van der Waals surface area contributed by atoms with Gasteiger partial charge in [0.25, 0.3) is 0 Å². The fourth-order valence-electron chi connectivity index (χ4n) is 3.63. The minimum atomic E-state index is -4.68. The second kappa shape index (κ2) is 9.76. The van der Waals surface area contributed by atoms with E-state index in [2.05, 4.69) is 37.9 Å².